The van der Waals surface area contributed by atoms with Gasteiger partial charge in [0.25, 0.3) is 0 Å². The Balaban J connectivity index is 1.97. The molecule has 0 bridgehead atoms. The molecular formula is C16H26N2O3. The Hall–Kier alpha value is -1.33. The van der Waals surface area contributed by atoms with Gasteiger partial charge in [-0.05, 0) is 24.8 Å². The van der Waals surface area contributed by atoms with Gasteiger partial charge in [0.05, 0.1) is 19.2 Å². The van der Waals surface area contributed by atoms with Gasteiger partial charge in [-0.15, -0.1) is 0 Å². The first-order chi connectivity index (χ1) is 9.91. The van der Waals surface area contributed by atoms with Gasteiger partial charge in [-0.25, -0.2) is 0 Å². The summed E-state index contributed by atoms with van der Waals surface area (Å²) in [4.78, 5) is 12.1. The van der Waals surface area contributed by atoms with Crippen LogP contribution in [0.15, 0.2) is 10.5 Å². The first-order valence-corrected chi connectivity index (χ1v) is 7.49. The number of furan rings is 1. The monoisotopic (exact) mass is 294 g/mol. The molecule has 2 N–H and O–H groups in total. The molecule has 1 aromatic rings. The third kappa shape index (κ3) is 4.32. The highest BCUT2D eigenvalue weighted by atomic mass is 16.5. The van der Waals surface area contributed by atoms with Crippen molar-refractivity contribution in [2.24, 2.45) is 5.41 Å². The van der Waals surface area contributed by atoms with E-state index >= 15 is 0 Å². The number of methoxy groups -OCH3 is 1. The summed E-state index contributed by atoms with van der Waals surface area (Å²) in [6.45, 7) is 7.97. The van der Waals surface area contributed by atoms with Gasteiger partial charge in [0.1, 0.15) is 11.5 Å². The predicted octanol–water partition coefficient (Wildman–Crippen LogP) is 1.95. The lowest BCUT2D eigenvalue weighted by Crippen LogP contribution is -2.40. The molecule has 0 aromatic carbocycles. The molecule has 1 aliphatic rings. The van der Waals surface area contributed by atoms with Crippen LogP contribution in [0.25, 0.3) is 0 Å². The van der Waals surface area contributed by atoms with E-state index in [4.69, 9.17) is 9.15 Å². The predicted molar refractivity (Wildman–Crippen MR) is 81.2 cm³/mol. The number of nitrogens with one attached hydrogen (secondary N) is 2. The van der Waals surface area contributed by atoms with Crippen LogP contribution in [-0.2, 0) is 16.0 Å². The third-order valence-electron chi connectivity index (χ3n) is 3.84. The molecule has 1 aliphatic carbocycles. The van der Waals surface area contributed by atoms with Crippen LogP contribution in [0, 0.1) is 12.3 Å². The van der Waals surface area contributed by atoms with Gasteiger partial charge >= 0.3 is 0 Å². The van der Waals surface area contributed by atoms with Gasteiger partial charge in [0.15, 0.2) is 0 Å². The SMILES string of the molecule is COCCNCC(=O)NC1CC(C)(C)Cc2oc(C)cc21. The Morgan fingerprint density at radius 3 is 3.00 bits per heavy atom. The molecule has 0 radical (unpaired) electrons. The van der Waals surface area contributed by atoms with Crippen LogP contribution in [0.1, 0.15) is 43.4 Å². The molecule has 2 rings (SSSR count). The zero-order chi connectivity index (χ0) is 15.5. The Morgan fingerprint density at radius 1 is 1.52 bits per heavy atom. The Bertz CT molecular complexity index is 494. The molecule has 0 saturated heterocycles. The molecule has 1 unspecified atom stereocenters. The maximum atomic E-state index is 12.1. The summed E-state index contributed by atoms with van der Waals surface area (Å²) in [5, 5.41) is 6.18. The molecule has 1 amide bonds. The largest absolute Gasteiger partial charge is 0.466 e. The summed E-state index contributed by atoms with van der Waals surface area (Å²) < 4.78 is 10.7. The number of carbonyl (C=O) groups is 1. The van der Waals surface area contributed by atoms with Crippen LogP contribution in [0.4, 0.5) is 0 Å². The molecule has 21 heavy (non-hydrogen) atoms. The highest BCUT2D eigenvalue weighted by Crippen LogP contribution is 2.41. The number of ether oxygens (including phenoxy) is 1. The second-order valence-corrected chi connectivity index (χ2v) is 6.57. The van der Waals surface area contributed by atoms with E-state index in [2.05, 4.69) is 24.5 Å². The Labute approximate surface area is 126 Å². The minimum Gasteiger partial charge on any atom is -0.466 e. The number of carbonyl (C=O) groups excluding carboxylic acids is 1. The molecule has 1 aromatic heterocycles. The van der Waals surface area contributed by atoms with E-state index in [-0.39, 0.29) is 17.4 Å². The normalized spacial score (nSPS) is 20.1. The minimum atomic E-state index is 0.0126. The van der Waals surface area contributed by atoms with Crippen LogP contribution < -0.4 is 10.6 Å². The van der Waals surface area contributed by atoms with E-state index in [1.54, 1.807) is 7.11 Å². The molecule has 1 atom stereocenters. The van der Waals surface area contributed by atoms with Crippen molar-refractivity contribution in [1.29, 1.82) is 0 Å². The van der Waals surface area contributed by atoms with Crippen molar-refractivity contribution in [2.45, 2.75) is 39.7 Å². The first-order valence-electron chi connectivity index (χ1n) is 7.49. The molecular weight excluding hydrogens is 268 g/mol. The summed E-state index contributed by atoms with van der Waals surface area (Å²) in [5.74, 6) is 1.94. The van der Waals surface area contributed by atoms with Gasteiger partial charge < -0.3 is 19.8 Å². The summed E-state index contributed by atoms with van der Waals surface area (Å²) in [6, 6.07) is 2.09. The third-order valence-corrected chi connectivity index (χ3v) is 3.84. The van der Waals surface area contributed by atoms with Crippen LogP contribution in [0.2, 0.25) is 0 Å². The van der Waals surface area contributed by atoms with Crippen LogP contribution in [0.3, 0.4) is 0 Å². The quantitative estimate of drug-likeness (QED) is 0.787. The lowest BCUT2D eigenvalue weighted by Gasteiger charge is -2.34. The molecule has 118 valence electrons. The van der Waals surface area contributed by atoms with E-state index in [0.29, 0.717) is 19.7 Å². The van der Waals surface area contributed by atoms with Crippen molar-refractivity contribution in [3.8, 4) is 0 Å². The van der Waals surface area contributed by atoms with Gasteiger partial charge in [0.2, 0.25) is 5.91 Å². The number of hydrogen-bond donors (Lipinski definition) is 2. The maximum absolute atomic E-state index is 12.1. The molecule has 0 aliphatic heterocycles. The fourth-order valence-corrected chi connectivity index (χ4v) is 2.93. The molecule has 0 saturated carbocycles. The van der Waals surface area contributed by atoms with Crippen molar-refractivity contribution in [2.75, 3.05) is 26.8 Å². The second-order valence-electron chi connectivity index (χ2n) is 6.57. The van der Waals surface area contributed by atoms with Crippen molar-refractivity contribution < 1.29 is 13.9 Å². The van der Waals surface area contributed by atoms with Gasteiger partial charge in [-0.3, -0.25) is 4.79 Å². The van der Waals surface area contributed by atoms with Crippen molar-refractivity contribution in [3.63, 3.8) is 0 Å². The fraction of sp³-hybridized carbons (Fsp3) is 0.688. The summed E-state index contributed by atoms with van der Waals surface area (Å²) in [5.41, 5.74) is 1.27. The zero-order valence-corrected chi connectivity index (χ0v) is 13.4. The lowest BCUT2D eigenvalue weighted by molar-refractivity contribution is -0.121. The van der Waals surface area contributed by atoms with Gasteiger partial charge in [-0.2, -0.15) is 0 Å². The minimum absolute atomic E-state index is 0.0126. The number of amides is 1. The second kappa shape index (κ2) is 6.62. The van der Waals surface area contributed by atoms with Crippen LogP contribution in [-0.4, -0.2) is 32.7 Å². The van der Waals surface area contributed by atoms with Crippen molar-refractivity contribution >= 4 is 5.91 Å². The van der Waals surface area contributed by atoms with Gasteiger partial charge in [0, 0.05) is 25.6 Å². The maximum Gasteiger partial charge on any atom is 0.234 e. The number of rotatable bonds is 6. The Kier molecular flexibility index (Phi) is 5.06. The molecule has 0 fully saturated rings. The number of hydrogen-bond acceptors (Lipinski definition) is 4. The van der Waals surface area contributed by atoms with Gasteiger partial charge in [-0.1, -0.05) is 13.8 Å². The lowest BCUT2D eigenvalue weighted by atomic mass is 9.74. The van der Waals surface area contributed by atoms with E-state index in [1.807, 2.05) is 13.0 Å². The van der Waals surface area contributed by atoms with Crippen LogP contribution in [0.5, 0.6) is 0 Å². The molecule has 5 heteroatoms. The van der Waals surface area contributed by atoms with E-state index in [9.17, 15) is 4.79 Å². The average Bonchev–Trinajstić information content (AvgIpc) is 2.73. The van der Waals surface area contributed by atoms with Crippen molar-refractivity contribution in [3.05, 3.63) is 23.2 Å². The summed E-state index contributed by atoms with van der Waals surface area (Å²) in [6.07, 6.45) is 1.86. The molecule has 0 spiro atoms. The summed E-state index contributed by atoms with van der Waals surface area (Å²) in [7, 11) is 1.65. The topological polar surface area (TPSA) is 63.5 Å². The average molecular weight is 294 g/mol. The fourth-order valence-electron chi connectivity index (χ4n) is 2.93. The first kappa shape index (κ1) is 16.0. The highest BCUT2D eigenvalue weighted by molar-refractivity contribution is 5.78. The Morgan fingerprint density at radius 2 is 2.29 bits per heavy atom. The molecule has 5 nitrogen and oxygen atoms in total. The zero-order valence-electron chi connectivity index (χ0n) is 13.4. The summed E-state index contributed by atoms with van der Waals surface area (Å²) >= 11 is 0. The highest BCUT2D eigenvalue weighted by Gasteiger charge is 2.35. The molecule has 1 heterocycles. The number of fused-ring (bicyclic) bond motifs is 1. The van der Waals surface area contributed by atoms with E-state index in [0.717, 1.165) is 29.9 Å². The standard InChI is InChI=1S/C16H26N2O3/c1-11-7-12-13(8-16(2,3)9-14(12)21-11)18-15(19)10-17-5-6-20-4/h7,13,17H,5-6,8-10H2,1-4H3,(H,18,19). The van der Waals surface area contributed by atoms with Crippen LogP contribution >= 0.6 is 0 Å². The van der Waals surface area contributed by atoms with Crippen molar-refractivity contribution in [1.82, 2.24) is 10.6 Å². The number of aryl methyl sites for hydroxylation is 1. The smallest absolute Gasteiger partial charge is 0.234 e. The van der Waals surface area contributed by atoms with E-state index in [1.165, 1.54) is 0 Å². The van der Waals surface area contributed by atoms with E-state index < -0.39 is 0 Å².